The molecule has 1 aromatic rings. The third-order valence-electron chi connectivity index (χ3n) is 2.19. The second-order valence-electron chi connectivity index (χ2n) is 3.41. The highest BCUT2D eigenvalue weighted by Crippen LogP contribution is 2.31. The van der Waals surface area contributed by atoms with Crippen LogP contribution in [0.3, 0.4) is 0 Å². The number of hydrogen-bond acceptors (Lipinski definition) is 4. The van der Waals surface area contributed by atoms with Crippen molar-refractivity contribution in [2.75, 3.05) is 6.61 Å². The summed E-state index contributed by atoms with van der Waals surface area (Å²) in [5, 5.41) is 9.01. The van der Waals surface area contributed by atoms with Crippen molar-refractivity contribution in [3.05, 3.63) is 29.8 Å². The third kappa shape index (κ3) is 2.91. The summed E-state index contributed by atoms with van der Waals surface area (Å²) in [6.45, 7) is 1.29. The van der Waals surface area contributed by atoms with Gasteiger partial charge in [0.1, 0.15) is 11.8 Å². The maximum Gasteiger partial charge on any atom is 0.379 e. The van der Waals surface area contributed by atoms with E-state index in [1.54, 1.807) is 0 Å². The van der Waals surface area contributed by atoms with Crippen LogP contribution in [0.1, 0.15) is 18.5 Å². The molecule has 0 unspecified atom stereocenters. The molecule has 0 saturated heterocycles. The van der Waals surface area contributed by atoms with E-state index in [0.29, 0.717) is 0 Å². The van der Waals surface area contributed by atoms with Crippen molar-refractivity contribution in [1.29, 1.82) is 0 Å². The van der Waals surface area contributed by atoms with Crippen molar-refractivity contribution >= 4 is 5.97 Å². The van der Waals surface area contributed by atoms with Gasteiger partial charge < -0.3 is 15.6 Å². The van der Waals surface area contributed by atoms with Crippen LogP contribution in [-0.2, 0) is 9.53 Å². The number of carbonyl (C=O) groups excluding carboxylic acids is 1. The molecule has 17 heavy (non-hydrogen) atoms. The minimum atomic E-state index is -3.80. The minimum absolute atomic E-state index is 0.0425. The molecule has 0 bridgehead atoms. The Bertz CT molecular complexity index is 392. The van der Waals surface area contributed by atoms with Gasteiger partial charge >= 0.3 is 11.9 Å². The summed E-state index contributed by atoms with van der Waals surface area (Å²) in [6, 6.07) is 3.09. The number of rotatable bonds is 4. The molecule has 3 N–H and O–H groups in total. The summed E-state index contributed by atoms with van der Waals surface area (Å²) in [4.78, 5) is 11.0. The number of ether oxygens (including phenoxy) is 1. The van der Waals surface area contributed by atoms with Crippen LogP contribution in [0.5, 0.6) is 5.75 Å². The molecule has 6 heteroatoms. The quantitative estimate of drug-likeness (QED) is 0.790. The Balaban J connectivity index is 2.91. The first-order chi connectivity index (χ1) is 7.89. The lowest BCUT2D eigenvalue weighted by atomic mass is 10.0. The van der Waals surface area contributed by atoms with Gasteiger partial charge in [0.2, 0.25) is 0 Å². The zero-order valence-corrected chi connectivity index (χ0v) is 9.19. The van der Waals surface area contributed by atoms with E-state index in [-0.39, 0.29) is 17.9 Å². The van der Waals surface area contributed by atoms with E-state index in [0.717, 1.165) is 0 Å². The van der Waals surface area contributed by atoms with E-state index in [1.165, 1.54) is 31.2 Å². The van der Waals surface area contributed by atoms with Crippen LogP contribution in [0, 0.1) is 0 Å². The van der Waals surface area contributed by atoms with Gasteiger partial charge in [0.15, 0.2) is 0 Å². The summed E-state index contributed by atoms with van der Waals surface area (Å²) in [5.41, 5.74) is 5.36. The highest BCUT2D eigenvalue weighted by molar-refractivity contribution is 5.78. The van der Waals surface area contributed by atoms with Crippen LogP contribution in [0.2, 0.25) is 0 Å². The molecular formula is C11H13F2NO3. The van der Waals surface area contributed by atoms with Gasteiger partial charge in [-0.15, -0.1) is 0 Å². The number of benzene rings is 1. The monoisotopic (exact) mass is 245 g/mol. The van der Waals surface area contributed by atoms with Crippen LogP contribution >= 0.6 is 0 Å². The van der Waals surface area contributed by atoms with Crippen LogP contribution in [0.15, 0.2) is 24.3 Å². The second-order valence-corrected chi connectivity index (χ2v) is 3.41. The smallest absolute Gasteiger partial charge is 0.379 e. The van der Waals surface area contributed by atoms with Crippen LogP contribution in [-0.4, -0.2) is 23.6 Å². The van der Waals surface area contributed by atoms with Gasteiger partial charge in [-0.3, -0.25) is 0 Å². The first kappa shape index (κ1) is 13.4. The molecule has 0 spiro atoms. The molecule has 0 saturated carbocycles. The van der Waals surface area contributed by atoms with Gasteiger partial charge in [-0.1, -0.05) is 12.1 Å². The zero-order valence-electron chi connectivity index (χ0n) is 9.19. The topological polar surface area (TPSA) is 72.5 Å². The fraction of sp³-hybridized carbons (Fsp3) is 0.364. The lowest BCUT2D eigenvalue weighted by Crippen LogP contribution is -2.41. The van der Waals surface area contributed by atoms with Crippen molar-refractivity contribution in [3.63, 3.8) is 0 Å². The predicted molar refractivity (Wildman–Crippen MR) is 56.6 cm³/mol. The highest BCUT2D eigenvalue weighted by atomic mass is 19.3. The van der Waals surface area contributed by atoms with E-state index in [9.17, 15) is 13.6 Å². The highest BCUT2D eigenvalue weighted by Gasteiger charge is 2.47. The number of nitrogens with two attached hydrogens (primary N) is 1. The van der Waals surface area contributed by atoms with E-state index >= 15 is 0 Å². The minimum Gasteiger partial charge on any atom is -0.508 e. The van der Waals surface area contributed by atoms with Crippen molar-refractivity contribution in [1.82, 2.24) is 0 Å². The Hall–Kier alpha value is -1.69. The first-order valence-electron chi connectivity index (χ1n) is 4.99. The first-order valence-corrected chi connectivity index (χ1v) is 4.99. The van der Waals surface area contributed by atoms with Crippen LogP contribution in [0.25, 0.3) is 0 Å². The van der Waals surface area contributed by atoms with Crippen molar-refractivity contribution < 1.29 is 23.4 Å². The fourth-order valence-electron chi connectivity index (χ4n) is 1.25. The number of aromatic hydroxyl groups is 1. The molecule has 4 nitrogen and oxygen atoms in total. The number of esters is 1. The molecule has 0 amide bonds. The molecule has 0 aliphatic rings. The fourth-order valence-corrected chi connectivity index (χ4v) is 1.25. The van der Waals surface area contributed by atoms with E-state index < -0.39 is 17.9 Å². The lowest BCUT2D eigenvalue weighted by Gasteiger charge is -2.21. The summed E-state index contributed by atoms with van der Waals surface area (Å²) in [7, 11) is 0. The van der Waals surface area contributed by atoms with E-state index in [1.807, 2.05) is 0 Å². The molecule has 1 aromatic carbocycles. The van der Waals surface area contributed by atoms with Gasteiger partial charge in [0.05, 0.1) is 6.61 Å². The molecule has 0 aromatic heterocycles. The Morgan fingerprint density at radius 1 is 1.47 bits per heavy atom. The van der Waals surface area contributed by atoms with Gasteiger partial charge in [-0.05, 0) is 24.6 Å². The number of hydrogen-bond donors (Lipinski definition) is 2. The number of phenols is 1. The molecule has 94 valence electrons. The average Bonchev–Trinajstić information content (AvgIpc) is 2.29. The molecular weight excluding hydrogens is 232 g/mol. The molecule has 0 radical (unpaired) electrons. The van der Waals surface area contributed by atoms with Crippen molar-refractivity contribution in [2.24, 2.45) is 5.73 Å². The number of phenolic OH excluding ortho intramolecular Hbond substituents is 1. The Morgan fingerprint density at radius 2 is 2.00 bits per heavy atom. The number of alkyl halides is 2. The summed E-state index contributed by atoms with van der Waals surface area (Å²) < 4.78 is 31.3. The maximum absolute atomic E-state index is 13.5. The number of halogens is 2. The van der Waals surface area contributed by atoms with Gasteiger partial charge in [0, 0.05) is 0 Å². The Kier molecular flexibility index (Phi) is 4.01. The average molecular weight is 245 g/mol. The van der Waals surface area contributed by atoms with Crippen LogP contribution < -0.4 is 5.73 Å². The molecule has 1 rings (SSSR count). The molecule has 0 heterocycles. The van der Waals surface area contributed by atoms with Crippen LogP contribution in [0.4, 0.5) is 8.78 Å². The molecule has 1 atom stereocenters. The largest absolute Gasteiger partial charge is 0.508 e. The third-order valence-corrected chi connectivity index (χ3v) is 2.19. The Labute approximate surface area is 97.0 Å². The summed E-state index contributed by atoms with van der Waals surface area (Å²) in [5.74, 6) is -5.52. The SMILES string of the molecule is CCOC(=O)C(F)(F)[C@@H](N)c1ccc(O)cc1. The van der Waals surface area contributed by atoms with E-state index in [2.05, 4.69) is 4.74 Å². The summed E-state index contributed by atoms with van der Waals surface area (Å²) in [6.07, 6.45) is 0. The number of carbonyl (C=O) groups is 1. The second kappa shape index (κ2) is 5.09. The van der Waals surface area contributed by atoms with E-state index in [4.69, 9.17) is 10.8 Å². The predicted octanol–water partition coefficient (Wildman–Crippen LogP) is 1.59. The lowest BCUT2D eigenvalue weighted by molar-refractivity contribution is -0.174. The van der Waals surface area contributed by atoms with Crippen molar-refractivity contribution in [2.45, 2.75) is 18.9 Å². The van der Waals surface area contributed by atoms with Gasteiger partial charge in [-0.25, -0.2) is 4.79 Å². The van der Waals surface area contributed by atoms with Gasteiger partial charge in [-0.2, -0.15) is 8.78 Å². The Morgan fingerprint density at radius 3 is 2.47 bits per heavy atom. The molecule has 0 aliphatic heterocycles. The standard InChI is InChI=1S/C11H13F2NO3/c1-2-17-10(16)11(12,13)9(14)7-3-5-8(15)6-4-7/h3-6,9,15H,2,14H2,1H3/t9-/m0/s1. The summed E-state index contributed by atoms with van der Waals surface area (Å²) >= 11 is 0. The van der Waals surface area contributed by atoms with Gasteiger partial charge in [0.25, 0.3) is 0 Å². The molecule has 0 aliphatic carbocycles. The normalized spacial score (nSPS) is 13.2. The van der Waals surface area contributed by atoms with Crippen molar-refractivity contribution in [3.8, 4) is 5.75 Å². The zero-order chi connectivity index (χ0) is 13.1. The maximum atomic E-state index is 13.5. The molecule has 0 fully saturated rings.